The standard InChI is InChI=1S/C11H21NO/c1-3-5-8-12(9-6-4-2)10-7-11-13/h7,10-11H,3-6,8-9H2,1-2H3/b10-7+. The highest BCUT2D eigenvalue weighted by Crippen LogP contribution is 1.99. The molecule has 0 aromatic rings. The molecule has 0 saturated carbocycles. The van der Waals surface area contributed by atoms with Gasteiger partial charge in [-0.25, -0.2) is 0 Å². The van der Waals surface area contributed by atoms with E-state index in [9.17, 15) is 4.79 Å². The zero-order valence-corrected chi connectivity index (χ0v) is 8.83. The Morgan fingerprint density at radius 3 is 2.00 bits per heavy atom. The summed E-state index contributed by atoms with van der Waals surface area (Å²) >= 11 is 0. The van der Waals surface area contributed by atoms with Gasteiger partial charge in [0.2, 0.25) is 0 Å². The SMILES string of the molecule is CCCCN(/C=C/C=O)CCCC. The lowest BCUT2D eigenvalue weighted by molar-refractivity contribution is -0.104. The largest absolute Gasteiger partial charge is 0.377 e. The summed E-state index contributed by atoms with van der Waals surface area (Å²) in [5.74, 6) is 0. The molecule has 0 unspecified atom stereocenters. The smallest absolute Gasteiger partial charge is 0.144 e. The van der Waals surface area contributed by atoms with Gasteiger partial charge in [-0.1, -0.05) is 26.7 Å². The normalized spacial score (nSPS) is 10.6. The van der Waals surface area contributed by atoms with Gasteiger partial charge >= 0.3 is 0 Å². The third-order valence-corrected chi connectivity index (χ3v) is 1.97. The summed E-state index contributed by atoms with van der Waals surface area (Å²) in [5, 5.41) is 0. The van der Waals surface area contributed by atoms with E-state index in [4.69, 9.17) is 0 Å². The summed E-state index contributed by atoms with van der Waals surface area (Å²) in [7, 11) is 0. The maximum Gasteiger partial charge on any atom is 0.144 e. The van der Waals surface area contributed by atoms with Gasteiger partial charge in [-0.15, -0.1) is 0 Å². The van der Waals surface area contributed by atoms with Crippen molar-refractivity contribution in [2.24, 2.45) is 0 Å². The number of aldehydes is 1. The Labute approximate surface area is 81.6 Å². The van der Waals surface area contributed by atoms with E-state index in [-0.39, 0.29) is 0 Å². The fraction of sp³-hybridized carbons (Fsp3) is 0.727. The van der Waals surface area contributed by atoms with Gasteiger partial charge in [0.1, 0.15) is 6.29 Å². The van der Waals surface area contributed by atoms with Crippen LogP contribution in [0.2, 0.25) is 0 Å². The maximum absolute atomic E-state index is 10.1. The van der Waals surface area contributed by atoms with Gasteiger partial charge < -0.3 is 4.90 Å². The van der Waals surface area contributed by atoms with Crippen LogP contribution in [0.15, 0.2) is 12.3 Å². The Morgan fingerprint density at radius 1 is 1.08 bits per heavy atom. The van der Waals surface area contributed by atoms with Crippen LogP contribution in [-0.2, 0) is 4.79 Å². The van der Waals surface area contributed by atoms with Crippen molar-refractivity contribution >= 4 is 6.29 Å². The highest BCUT2D eigenvalue weighted by Gasteiger charge is 1.96. The van der Waals surface area contributed by atoms with E-state index in [0.717, 1.165) is 19.4 Å². The number of unbranched alkanes of at least 4 members (excludes halogenated alkanes) is 2. The van der Waals surface area contributed by atoms with Crippen LogP contribution in [0, 0.1) is 0 Å². The summed E-state index contributed by atoms with van der Waals surface area (Å²) in [6, 6.07) is 0. The van der Waals surface area contributed by atoms with Crippen molar-refractivity contribution in [2.45, 2.75) is 39.5 Å². The number of rotatable bonds is 8. The topological polar surface area (TPSA) is 20.3 Å². The third-order valence-electron chi connectivity index (χ3n) is 1.97. The number of allylic oxidation sites excluding steroid dienone is 1. The van der Waals surface area contributed by atoms with Gasteiger partial charge in [-0.3, -0.25) is 4.79 Å². The van der Waals surface area contributed by atoms with Crippen molar-refractivity contribution in [3.8, 4) is 0 Å². The fourth-order valence-corrected chi connectivity index (χ4v) is 1.14. The molecule has 0 aromatic heterocycles. The average Bonchev–Trinajstić information content (AvgIpc) is 2.17. The van der Waals surface area contributed by atoms with Crippen LogP contribution in [-0.4, -0.2) is 24.3 Å². The van der Waals surface area contributed by atoms with E-state index in [1.54, 1.807) is 6.08 Å². The Hall–Kier alpha value is -0.790. The van der Waals surface area contributed by atoms with Gasteiger partial charge in [0.25, 0.3) is 0 Å². The van der Waals surface area contributed by atoms with Crippen molar-refractivity contribution in [1.82, 2.24) is 4.90 Å². The van der Waals surface area contributed by atoms with Crippen LogP contribution in [0.1, 0.15) is 39.5 Å². The molecule has 2 nitrogen and oxygen atoms in total. The molecule has 0 saturated heterocycles. The number of hydrogen-bond acceptors (Lipinski definition) is 2. The molecule has 0 aromatic carbocycles. The van der Waals surface area contributed by atoms with Crippen LogP contribution >= 0.6 is 0 Å². The molecule has 13 heavy (non-hydrogen) atoms. The van der Waals surface area contributed by atoms with Crippen LogP contribution < -0.4 is 0 Å². The Kier molecular flexibility index (Phi) is 8.73. The molecule has 0 aliphatic carbocycles. The Balaban J connectivity index is 3.72. The Morgan fingerprint density at radius 2 is 1.62 bits per heavy atom. The van der Waals surface area contributed by atoms with E-state index in [2.05, 4.69) is 18.7 Å². The second kappa shape index (κ2) is 9.30. The highest BCUT2D eigenvalue weighted by atomic mass is 16.1. The van der Waals surface area contributed by atoms with Gasteiger partial charge in [0.15, 0.2) is 0 Å². The molecule has 0 spiro atoms. The van der Waals surface area contributed by atoms with E-state index in [1.165, 1.54) is 25.7 Å². The highest BCUT2D eigenvalue weighted by molar-refractivity contribution is 5.64. The molecule has 0 radical (unpaired) electrons. The summed E-state index contributed by atoms with van der Waals surface area (Å²) in [6.45, 7) is 6.50. The average molecular weight is 183 g/mol. The van der Waals surface area contributed by atoms with Gasteiger partial charge in [0.05, 0.1) is 0 Å². The number of carbonyl (C=O) groups excluding carboxylic acids is 1. The lowest BCUT2D eigenvalue weighted by atomic mass is 10.3. The number of carbonyl (C=O) groups is 1. The minimum atomic E-state index is 0.838. The zero-order valence-electron chi connectivity index (χ0n) is 8.83. The first-order valence-corrected chi connectivity index (χ1v) is 5.21. The molecule has 0 amide bonds. The molecule has 0 bridgehead atoms. The first kappa shape index (κ1) is 12.2. The maximum atomic E-state index is 10.1. The third kappa shape index (κ3) is 7.57. The molecule has 0 fully saturated rings. The van der Waals surface area contributed by atoms with E-state index in [1.807, 2.05) is 6.20 Å². The first-order valence-electron chi connectivity index (χ1n) is 5.21. The second-order valence-electron chi connectivity index (χ2n) is 3.22. The molecule has 0 rings (SSSR count). The van der Waals surface area contributed by atoms with E-state index < -0.39 is 0 Å². The van der Waals surface area contributed by atoms with Gasteiger partial charge in [-0.05, 0) is 18.9 Å². The molecule has 2 heteroatoms. The van der Waals surface area contributed by atoms with Crippen molar-refractivity contribution in [1.29, 1.82) is 0 Å². The Bertz CT molecular complexity index is 135. The van der Waals surface area contributed by atoms with Crippen LogP contribution in [0.25, 0.3) is 0 Å². The fourth-order valence-electron chi connectivity index (χ4n) is 1.14. The second-order valence-corrected chi connectivity index (χ2v) is 3.22. The molecule has 0 aliphatic heterocycles. The molecule has 0 atom stereocenters. The molecular weight excluding hydrogens is 162 g/mol. The lowest BCUT2D eigenvalue weighted by Crippen LogP contribution is -2.19. The minimum absolute atomic E-state index is 0.838. The number of hydrogen-bond donors (Lipinski definition) is 0. The molecular formula is C11H21NO. The van der Waals surface area contributed by atoms with E-state index >= 15 is 0 Å². The summed E-state index contributed by atoms with van der Waals surface area (Å²) in [5.41, 5.74) is 0. The van der Waals surface area contributed by atoms with Crippen LogP contribution in [0.4, 0.5) is 0 Å². The van der Waals surface area contributed by atoms with E-state index in [0.29, 0.717) is 0 Å². The van der Waals surface area contributed by atoms with Crippen molar-refractivity contribution < 1.29 is 4.79 Å². The summed E-state index contributed by atoms with van der Waals surface area (Å²) in [6.07, 6.45) is 9.13. The van der Waals surface area contributed by atoms with Crippen molar-refractivity contribution in [3.63, 3.8) is 0 Å². The summed E-state index contributed by atoms with van der Waals surface area (Å²) < 4.78 is 0. The van der Waals surface area contributed by atoms with Gasteiger partial charge in [-0.2, -0.15) is 0 Å². The molecule has 0 N–H and O–H groups in total. The molecule has 0 aliphatic rings. The minimum Gasteiger partial charge on any atom is -0.377 e. The van der Waals surface area contributed by atoms with Crippen molar-refractivity contribution in [2.75, 3.05) is 13.1 Å². The summed E-state index contributed by atoms with van der Waals surface area (Å²) in [4.78, 5) is 12.4. The zero-order chi connectivity index (χ0) is 9.94. The van der Waals surface area contributed by atoms with Crippen molar-refractivity contribution in [3.05, 3.63) is 12.3 Å². The van der Waals surface area contributed by atoms with Gasteiger partial charge in [0, 0.05) is 19.3 Å². The monoisotopic (exact) mass is 183 g/mol. The van der Waals surface area contributed by atoms with Crippen LogP contribution in [0.3, 0.4) is 0 Å². The number of nitrogens with zero attached hydrogens (tertiary/aromatic N) is 1. The van der Waals surface area contributed by atoms with Crippen LogP contribution in [0.5, 0.6) is 0 Å². The molecule has 76 valence electrons. The lowest BCUT2D eigenvalue weighted by Gasteiger charge is -2.19. The first-order chi connectivity index (χ1) is 6.35. The molecule has 0 heterocycles. The predicted molar refractivity (Wildman–Crippen MR) is 56.6 cm³/mol. The quantitative estimate of drug-likeness (QED) is 0.426. The predicted octanol–water partition coefficient (Wildman–Crippen LogP) is 2.60.